The third kappa shape index (κ3) is 2.51. The van der Waals surface area contributed by atoms with Crippen molar-refractivity contribution in [3.63, 3.8) is 0 Å². The molecule has 0 aromatic heterocycles. The normalized spacial score (nSPS) is 15.0. The van der Waals surface area contributed by atoms with Gasteiger partial charge in [-0.25, -0.2) is 4.21 Å². The molecule has 0 aliphatic carbocycles. The first-order valence-corrected chi connectivity index (χ1v) is 4.74. The summed E-state index contributed by atoms with van der Waals surface area (Å²) in [6.07, 6.45) is 0. The SMILES string of the molecule is COc1ccc(C(O)S(=O)O)cc1. The topological polar surface area (TPSA) is 66.8 Å². The van der Waals surface area contributed by atoms with Crippen molar-refractivity contribution >= 4 is 11.1 Å². The maximum atomic E-state index is 10.5. The molecule has 1 rings (SSSR count). The lowest BCUT2D eigenvalue weighted by atomic mass is 10.2. The average molecular weight is 202 g/mol. The zero-order valence-corrected chi connectivity index (χ0v) is 7.82. The summed E-state index contributed by atoms with van der Waals surface area (Å²) in [4.78, 5) is 0. The van der Waals surface area contributed by atoms with Crippen molar-refractivity contribution in [2.24, 2.45) is 0 Å². The van der Waals surface area contributed by atoms with Crippen molar-refractivity contribution in [2.45, 2.75) is 5.44 Å². The van der Waals surface area contributed by atoms with Crippen LogP contribution in [0.15, 0.2) is 24.3 Å². The van der Waals surface area contributed by atoms with Gasteiger partial charge in [0, 0.05) is 0 Å². The molecule has 0 bridgehead atoms. The van der Waals surface area contributed by atoms with Crippen molar-refractivity contribution in [1.82, 2.24) is 0 Å². The maximum Gasteiger partial charge on any atom is 0.187 e. The van der Waals surface area contributed by atoms with E-state index in [0.29, 0.717) is 11.3 Å². The fourth-order valence-electron chi connectivity index (χ4n) is 0.885. The van der Waals surface area contributed by atoms with Crippen LogP contribution in [0.3, 0.4) is 0 Å². The second-order valence-electron chi connectivity index (χ2n) is 2.40. The van der Waals surface area contributed by atoms with E-state index >= 15 is 0 Å². The van der Waals surface area contributed by atoms with E-state index in [1.165, 1.54) is 19.2 Å². The van der Waals surface area contributed by atoms with Gasteiger partial charge in [-0.3, -0.25) is 0 Å². The summed E-state index contributed by atoms with van der Waals surface area (Å²) in [5, 5.41) is 9.17. The Bertz CT molecular complexity index is 296. The minimum atomic E-state index is -2.26. The van der Waals surface area contributed by atoms with Crippen molar-refractivity contribution in [3.8, 4) is 5.75 Å². The Labute approximate surface area is 78.4 Å². The van der Waals surface area contributed by atoms with Gasteiger partial charge in [0.05, 0.1) is 7.11 Å². The molecule has 1 aromatic carbocycles. The van der Waals surface area contributed by atoms with E-state index in [1.54, 1.807) is 12.1 Å². The molecule has 0 amide bonds. The van der Waals surface area contributed by atoms with Crippen LogP contribution in [0.25, 0.3) is 0 Å². The van der Waals surface area contributed by atoms with E-state index in [2.05, 4.69) is 0 Å². The van der Waals surface area contributed by atoms with Crippen molar-refractivity contribution in [2.75, 3.05) is 7.11 Å². The number of aliphatic hydroxyl groups is 1. The van der Waals surface area contributed by atoms with E-state index in [-0.39, 0.29) is 0 Å². The number of rotatable bonds is 3. The predicted octanol–water partition coefficient (Wildman–Crippen LogP) is 0.908. The molecule has 0 aliphatic rings. The second-order valence-corrected chi connectivity index (χ2v) is 3.40. The van der Waals surface area contributed by atoms with E-state index in [9.17, 15) is 9.32 Å². The second kappa shape index (κ2) is 4.36. The maximum absolute atomic E-state index is 10.5. The van der Waals surface area contributed by atoms with Crippen LogP contribution in [-0.2, 0) is 11.1 Å². The van der Waals surface area contributed by atoms with Gasteiger partial charge >= 0.3 is 0 Å². The minimum absolute atomic E-state index is 0.390. The first-order valence-electron chi connectivity index (χ1n) is 3.57. The van der Waals surface area contributed by atoms with Crippen molar-refractivity contribution in [1.29, 1.82) is 0 Å². The van der Waals surface area contributed by atoms with Crippen LogP contribution in [0.1, 0.15) is 11.0 Å². The highest BCUT2D eigenvalue weighted by molar-refractivity contribution is 7.79. The number of aliphatic hydroxyl groups excluding tert-OH is 1. The molecule has 2 atom stereocenters. The molecule has 0 fully saturated rings. The fraction of sp³-hybridized carbons (Fsp3) is 0.250. The monoisotopic (exact) mass is 202 g/mol. The first kappa shape index (κ1) is 10.2. The number of hydrogen-bond acceptors (Lipinski definition) is 3. The molecule has 0 aliphatic heterocycles. The quantitative estimate of drug-likeness (QED) is 0.715. The number of benzene rings is 1. The molecular formula is C8H10O4S. The molecule has 0 saturated carbocycles. The van der Waals surface area contributed by atoms with Crippen LogP contribution in [0.5, 0.6) is 5.75 Å². The molecule has 0 heterocycles. The van der Waals surface area contributed by atoms with Crippen molar-refractivity contribution in [3.05, 3.63) is 29.8 Å². The molecule has 2 unspecified atom stereocenters. The summed E-state index contributed by atoms with van der Waals surface area (Å²) in [7, 11) is 1.52. The van der Waals surface area contributed by atoms with Gasteiger partial charge in [0.1, 0.15) is 5.75 Å². The molecule has 13 heavy (non-hydrogen) atoms. The Morgan fingerprint density at radius 3 is 2.31 bits per heavy atom. The van der Waals surface area contributed by atoms with Gasteiger partial charge in [0.25, 0.3) is 0 Å². The lowest BCUT2D eigenvalue weighted by molar-refractivity contribution is 0.251. The summed E-state index contributed by atoms with van der Waals surface area (Å²) in [5.41, 5.74) is -0.965. The first-order chi connectivity index (χ1) is 6.15. The molecule has 0 spiro atoms. The van der Waals surface area contributed by atoms with E-state index in [0.717, 1.165) is 0 Å². The molecule has 4 nitrogen and oxygen atoms in total. The summed E-state index contributed by atoms with van der Waals surface area (Å²) < 4.78 is 24.0. The Balaban J connectivity index is 2.85. The number of ether oxygens (including phenoxy) is 1. The lowest BCUT2D eigenvalue weighted by Gasteiger charge is -2.06. The van der Waals surface area contributed by atoms with Crippen LogP contribution in [-0.4, -0.2) is 21.0 Å². The standard InChI is InChI=1S/C8H10O4S/c1-12-7-4-2-6(3-5-7)8(9)13(10)11/h2-5,8-9H,1H3,(H,10,11). The zero-order valence-electron chi connectivity index (χ0n) is 7.01. The summed E-state index contributed by atoms with van der Waals surface area (Å²) >= 11 is -2.26. The molecule has 0 saturated heterocycles. The van der Waals surface area contributed by atoms with Crippen LogP contribution in [0.4, 0.5) is 0 Å². The molecule has 0 radical (unpaired) electrons. The molecule has 2 N–H and O–H groups in total. The summed E-state index contributed by atoms with van der Waals surface area (Å²) in [5.74, 6) is 0.639. The molecular weight excluding hydrogens is 192 g/mol. The van der Waals surface area contributed by atoms with Gasteiger partial charge < -0.3 is 14.4 Å². The van der Waals surface area contributed by atoms with Gasteiger partial charge in [-0.05, 0) is 17.7 Å². The largest absolute Gasteiger partial charge is 0.497 e. The highest BCUT2D eigenvalue weighted by Gasteiger charge is 2.12. The van der Waals surface area contributed by atoms with Crippen LogP contribution < -0.4 is 4.74 Å². The molecule has 72 valence electrons. The van der Waals surface area contributed by atoms with Crippen LogP contribution in [0.2, 0.25) is 0 Å². The lowest BCUT2D eigenvalue weighted by Crippen LogP contribution is -2.03. The van der Waals surface area contributed by atoms with E-state index in [4.69, 9.17) is 9.29 Å². The van der Waals surface area contributed by atoms with Crippen molar-refractivity contribution < 1.29 is 18.6 Å². The average Bonchev–Trinajstić information content (AvgIpc) is 2.17. The Morgan fingerprint density at radius 2 is 1.92 bits per heavy atom. The highest BCUT2D eigenvalue weighted by atomic mass is 32.2. The van der Waals surface area contributed by atoms with Gasteiger partial charge in [-0.15, -0.1) is 0 Å². The van der Waals surface area contributed by atoms with Gasteiger partial charge in [-0.2, -0.15) is 0 Å². The van der Waals surface area contributed by atoms with E-state index in [1.807, 2.05) is 0 Å². The Kier molecular flexibility index (Phi) is 3.41. The smallest absolute Gasteiger partial charge is 0.187 e. The predicted molar refractivity (Wildman–Crippen MR) is 48.7 cm³/mol. The molecule has 1 aromatic rings. The summed E-state index contributed by atoms with van der Waals surface area (Å²) in [6.45, 7) is 0. The highest BCUT2D eigenvalue weighted by Crippen LogP contribution is 2.18. The molecule has 5 heteroatoms. The zero-order chi connectivity index (χ0) is 9.84. The third-order valence-corrected chi connectivity index (χ3v) is 2.25. The minimum Gasteiger partial charge on any atom is -0.497 e. The fourth-order valence-corrected chi connectivity index (χ4v) is 1.27. The Morgan fingerprint density at radius 1 is 1.38 bits per heavy atom. The third-order valence-electron chi connectivity index (χ3n) is 1.59. The number of methoxy groups -OCH3 is 1. The van der Waals surface area contributed by atoms with E-state index < -0.39 is 16.5 Å². The van der Waals surface area contributed by atoms with Crippen LogP contribution in [0, 0.1) is 0 Å². The van der Waals surface area contributed by atoms with Gasteiger partial charge in [0.15, 0.2) is 16.5 Å². The Hall–Kier alpha value is -0.910. The summed E-state index contributed by atoms with van der Waals surface area (Å²) in [6, 6.07) is 6.31. The number of hydrogen-bond donors (Lipinski definition) is 2. The van der Waals surface area contributed by atoms with Gasteiger partial charge in [-0.1, -0.05) is 12.1 Å². The van der Waals surface area contributed by atoms with Crippen LogP contribution >= 0.6 is 0 Å². The van der Waals surface area contributed by atoms with Gasteiger partial charge in [0.2, 0.25) is 0 Å².